The van der Waals surface area contributed by atoms with Crippen molar-refractivity contribution in [1.29, 1.82) is 0 Å². The molecule has 0 bridgehead atoms. The summed E-state index contributed by atoms with van der Waals surface area (Å²) < 4.78 is 11.8. The molecule has 2 heterocycles. The highest BCUT2D eigenvalue weighted by molar-refractivity contribution is 6.42. The molecular weight excluding hydrogens is 297 g/mol. The minimum atomic E-state index is -0.0570. The van der Waals surface area contributed by atoms with E-state index in [-0.39, 0.29) is 6.10 Å². The number of ether oxygens (including phenoxy) is 1. The lowest BCUT2D eigenvalue weighted by atomic mass is 10.1. The molecule has 0 N–H and O–H groups in total. The van der Waals surface area contributed by atoms with E-state index in [0.717, 1.165) is 30.2 Å². The predicted octanol–water partition coefficient (Wildman–Crippen LogP) is 4.46. The molecule has 20 heavy (non-hydrogen) atoms. The Labute approximate surface area is 128 Å². The third-order valence-electron chi connectivity index (χ3n) is 3.37. The summed E-state index contributed by atoms with van der Waals surface area (Å²) in [4.78, 5) is 2.17. The van der Waals surface area contributed by atoms with Gasteiger partial charge in [-0.25, -0.2) is 0 Å². The first-order valence-corrected chi connectivity index (χ1v) is 7.18. The van der Waals surface area contributed by atoms with E-state index in [9.17, 15) is 0 Å². The van der Waals surface area contributed by atoms with Crippen LogP contribution in [0.4, 0.5) is 0 Å². The summed E-state index contributed by atoms with van der Waals surface area (Å²) in [6.45, 7) is 3.57. The summed E-state index contributed by atoms with van der Waals surface area (Å²) in [7, 11) is 2.05. The molecule has 1 aliphatic rings. The Hall–Kier alpha value is -1.16. The number of hydrogen-bond acceptors (Lipinski definition) is 3. The normalized spacial score (nSPS) is 18.9. The highest BCUT2D eigenvalue weighted by atomic mass is 35.5. The maximum absolute atomic E-state index is 6.06. The zero-order valence-electron chi connectivity index (χ0n) is 11.3. The Balaban J connectivity index is 1.88. The van der Waals surface area contributed by atoms with E-state index in [1.165, 1.54) is 0 Å². The van der Waals surface area contributed by atoms with Crippen LogP contribution in [0.2, 0.25) is 10.0 Å². The maximum atomic E-state index is 6.06. The van der Waals surface area contributed by atoms with Crippen LogP contribution in [0.15, 0.2) is 28.7 Å². The number of furan rings is 1. The van der Waals surface area contributed by atoms with E-state index < -0.39 is 0 Å². The van der Waals surface area contributed by atoms with Crippen molar-refractivity contribution in [2.75, 3.05) is 13.6 Å². The minimum Gasteiger partial charge on any atom is -0.484 e. The number of halogens is 2. The van der Waals surface area contributed by atoms with Crippen LogP contribution in [0.3, 0.4) is 0 Å². The van der Waals surface area contributed by atoms with E-state index >= 15 is 0 Å². The van der Waals surface area contributed by atoms with Gasteiger partial charge in [0.05, 0.1) is 16.6 Å². The van der Waals surface area contributed by atoms with Gasteiger partial charge in [-0.1, -0.05) is 23.2 Å². The maximum Gasteiger partial charge on any atom is 0.140 e. The zero-order chi connectivity index (χ0) is 14.3. The van der Waals surface area contributed by atoms with Crippen molar-refractivity contribution in [3.63, 3.8) is 0 Å². The van der Waals surface area contributed by atoms with Crippen molar-refractivity contribution >= 4 is 23.2 Å². The van der Waals surface area contributed by atoms with Crippen LogP contribution in [0.1, 0.15) is 23.2 Å². The predicted molar refractivity (Wildman–Crippen MR) is 79.6 cm³/mol. The van der Waals surface area contributed by atoms with E-state index in [2.05, 4.69) is 4.90 Å². The molecule has 0 saturated carbocycles. The average molecular weight is 312 g/mol. The molecule has 3 rings (SSSR count). The summed E-state index contributed by atoms with van der Waals surface area (Å²) in [5.41, 5.74) is 1.12. The van der Waals surface area contributed by atoms with E-state index in [1.807, 2.05) is 26.1 Å². The smallest absolute Gasteiger partial charge is 0.140 e. The lowest BCUT2D eigenvalue weighted by molar-refractivity contribution is 0.119. The van der Waals surface area contributed by atoms with Crippen LogP contribution in [0.25, 0.3) is 0 Å². The van der Waals surface area contributed by atoms with Crippen molar-refractivity contribution in [3.8, 4) is 5.75 Å². The molecule has 0 radical (unpaired) electrons. The topological polar surface area (TPSA) is 25.6 Å². The van der Waals surface area contributed by atoms with Crippen LogP contribution in [0, 0.1) is 6.92 Å². The summed E-state index contributed by atoms with van der Waals surface area (Å²) >= 11 is 11.9. The molecule has 0 fully saturated rings. The van der Waals surface area contributed by atoms with Gasteiger partial charge in [-0.05, 0) is 32.2 Å². The molecule has 0 amide bonds. The van der Waals surface area contributed by atoms with Gasteiger partial charge >= 0.3 is 0 Å². The largest absolute Gasteiger partial charge is 0.484 e. The molecule has 106 valence electrons. The number of rotatable bonds is 2. The monoisotopic (exact) mass is 311 g/mol. The molecule has 0 aliphatic carbocycles. The van der Waals surface area contributed by atoms with Crippen LogP contribution < -0.4 is 4.74 Å². The highest BCUT2D eigenvalue weighted by Crippen LogP contribution is 2.34. The van der Waals surface area contributed by atoms with Gasteiger partial charge in [0.2, 0.25) is 0 Å². The first kappa shape index (κ1) is 13.8. The fourth-order valence-electron chi connectivity index (χ4n) is 2.48. The Morgan fingerprint density at radius 2 is 2.05 bits per heavy atom. The van der Waals surface area contributed by atoms with Gasteiger partial charge < -0.3 is 9.15 Å². The Morgan fingerprint density at radius 1 is 1.25 bits per heavy atom. The molecule has 0 spiro atoms. The van der Waals surface area contributed by atoms with Gasteiger partial charge in [0.15, 0.2) is 0 Å². The fourth-order valence-corrected chi connectivity index (χ4v) is 2.77. The molecule has 0 saturated heterocycles. The quantitative estimate of drug-likeness (QED) is 0.818. The molecular formula is C15H15Cl2NO2. The van der Waals surface area contributed by atoms with E-state index in [0.29, 0.717) is 15.8 Å². The lowest BCUT2D eigenvalue weighted by Gasteiger charge is -2.29. The van der Waals surface area contributed by atoms with Crippen molar-refractivity contribution in [2.24, 2.45) is 0 Å². The number of likely N-dealkylation sites (N-methyl/N-ethyl adjacent to an activating group) is 1. The first-order chi connectivity index (χ1) is 9.52. The second-order valence-electron chi connectivity index (χ2n) is 5.11. The van der Waals surface area contributed by atoms with E-state index in [1.54, 1.807) is 12.1 Å². The molecule has 1 aromatic heterocycles. The summed E-state index contributed by atoms with van der Waals surface area (Å²) in [6, 6.07) is 7.36. The number of nitrogens with zero attached hydrogens (tertiary/aromatic N) is 1. The number of aryl methyl sites for hydroxylation is 1. The first-order valence-electron chi connectivity index (χ1n) is 6.42. The number of fused-ring (bicyclic) bond motifs is 1. The molecule has 1 aliphatic heterocycles. The third kappa shape index (κ3) is 2.66. The van der Waals surface area contributed by atoms with Crippen molar-refractivity contribution < 1.29 is 9.15 Å². The molecule has 3 nitrogen and oxygen atoms in total. The lowest BCUT2D eigenvalue weighted by Crippen LogP contribution is -2.32. The molecule has 5 heteroatoms. The molecule has 1 unspecified atom stereocenters. The highest BCUT2D eigenvalue weighted by Gasteiger charge is 2.28. The minimum absolute atomic E-state index is 0.0570. The van der Waals surface area contributed by atoms with Gasteiger partial charge in [-0.15, -0.1) is 0 Å². The van der Waals surface area contributed by atoms with Crippen LogP contribution in [0.5, 0.6) is 5.75 Å². The zero-order valence-corrected chi connectivity index (χ0v) is 12.8. The van der Waals surface area contributed by atoms with Gasteiger partial charge in [-0.3, -0.25) is 4.90 Å². The molecule has 1 atom stereocenters. The van der Waals surface area contributed by atoms with Gasteiger partial charge in [0.25, 0.3) is 0 Å². The van der Waals surface area contributed by atoms with Gasteiger partial charge in [0, 0.05) is 18.2 Å². The molecule has 1 aromatic carbocycles. The van der Waals surface area contributed by atoms with Gasteiger partial charge in [-0.2, -0.15) is 0 Å². The fraction of sp³-hybridized carbons (Fsp3) is 0.333. The summed E-state index contributed by atoms with van der Waals surface area (Å²) in [6.07, 6.45) is -0.0570. The van der Waals surface area contributed by atoms with Crippen LogP contribution >= 0.6 is 23.2 Å². The Morgan fingerprint density at radius 3 is 2.80 bits per heavy atom. The molecule has 2 aromatic rings. The Kier molecular flexibility index (Phi) is 3.67. The van der Waals surface area contributed by atoms with Crippen LogP contribution in [-0.2, 0) is 6.54 Å². The SMILES string of the molecule is Cc1cc2c(o1)CN(C)CC2Oc1ccc(Cl)c(Cl)c1. The van der Waals surface area contributed by atoms with Crippen molar-refractivity contribution in [3.05, 3.63) is 51.4 Å². The average Bonchev–Trinajstić information content (AvgIpc) is 2.74. The van der Waals surface area contributed by atoms with Crippen molar-refractivity contribution in [2.45, 2.75) is 19.6 Å². The second-order valence-corrected chi connectivity index (χ2v) is 5.93. The van der Waals surface area contributed by atoms with Crippen molar-refractivity contribution in [1.82, 2.24) is 4.90 Å². The third-order valence-corrected chi connectivity index (χ3v) is 4.11. The van der Waals surface area contributed by atoms with Gasteiger partial charge in [0.1, 0.15) is 23.4 Å². The summed E-state index contributed by atoms with van der Waals surface area (Å²) in [5.74, 6) is 2.60. The number of benzene rings is 1. The standard InChI is InChI=1S/C15H15Cl2NO2/c1-9-5-11-14(19-9)7-18(2)8-15(11)20-10-3-4-12(16)13(17)6-10/h3-6,15H,7-8H2,1-2H3. The summed E-state index contributed by atoms with van der Waals surface area (Å²) in [5, 5.41) is 1.02. The number of hydrogen-bond donors (Lipinski definition) is 0. The second kappa shape index (κ2) is 5.32. The Bertz CT molecular complexity index is 639. The van der Waals surface area contributed by atoms with E-state index in [4.69, 9.17) is 32.4 Å². The van der Waals surface area contributed by atoms with Crippen LogP contribution in [-0.4, -0.2) is 18.5 Å².